The van der Waals surface area contributed by atoms with Gasteiger partial charge in [-0.3, -0.25) is 4.79 Å². The van der Waals surface area contributed by atoms with Gasteiger partial charge in [0.25, 0.3) is 0 Å². The van der Waals surface area contributed by atoms with Crippen LogP contribution in [0.25, 0.3) is 11.0 Å². The van der Waals surface area contributed by atoms with Gasteiger partial charge in [-0.15, -0.1) is 0 Å². The Morgan fingerprint density at radius 2 is 2.05 bits per heavy atom. The van der Waals surface area contributed by atoms with Gasteiger partial charge in [0, 0.05) is 18.4 Å². The third-order valence-corrected chi connectivity index (χ3v) is 3.95. The second-order valence-corrected chi connectivity index (χ2v) is 5.43. The molecule has 1 fully saturated rings. The summed E-state index contributed by atoms with van der Waals surface area (Å²) in [6.07, 6.45) is 4.47. The van der Waals surface area contributed by atoms with Crippen LogP contribution in [0.4, 0.5) is 0 Å². The third-order valence-electron chi connectivity index (χ3n) is 3.95. The molecule has 3 nitrogen and oxygen atoms in total. The summed E-state index contributed by atoms with van der Waals surface area (Å²) in [6.45, 7) is 0.560. The fourth-order valence-corrected chi connectivity index (χ4v) is 2.91. The summed E-state index contributed by atoms with van der Waals surface area (Å²) in [5, 5.41) is 1.10. The predicted molar refractivity (Wildman–Crippen MR) is 74.6 cm³/mol. The number of benzene rings is 1. The number of furan rings is 1. The Kier molecular flexibility index (Phi) is 3.28. The lowest BCUT2D eigenvalue weighted by molar-refractivity contribution is -0.134. The van der Waals surface area contributed by atoms with Gasteiger partial charge in [0.05, 0.1) is 6.54 Å². The van der Waals surface area contributed by atoms with Crippen LogP contribution in [0, 0.1) is 5.92 Å². The summed E-state index contributed by atoms with van der Waals surface area (Å²) in [5.41, 5.74) is 0.888. The zero-order valence-corrected chi connectivity index (χ0v) is 11.3. The van der Waals surface area contributed by atoms with E-state index in [1.54, 1.807) is 4.90 Å². The van der Waals surface area contributed by atoms with Crippen molar-refractivity contribution in [3.63, 3.8) is 0 Å². The van der Waals surface area contributed by atoms with Crippen LogP contribution in [0.2, 0.25) is 0 Å². The predicted octanol–water partition coefficient (Wildman–Crippen LogP) is 3.58. The molecule has 0 atom stereocenters. The molecule has 3 rings (SSSR count). The number of amides is 1. The maximum atomic E-state index is 12.2. The number of carbonyl (C=O) groups is 1. The van der Waals surface area contributed by atoms with Crippen LogP contribution in [0.1, 0.15) is 31.4 Å². The molecule has 100 valence electrons. The maximum Gasteiger partial charge on any atom is 0.225 e. The molecule has 1 heterocycles. The number of carbonyl (C=O) groups excluding carboxylic acids is 1. The van der Waals surface area contributed by atoms with Gasteiger partial charge >= 0.3 is 0 Å². The molecule has 0 aliphatic heterocycles. The minimum Gasteiger partial charge on any atom is -0.459 e. The summed E-state index contributed by atoms with van der Waals surface area (Å²) in [4.78, 5) is 14.0. The monoisotopic (exact) mass is 257 g/mol. The van der Waals surface area contributed by atoms with Gasteiger partial charge in [-0.25, -0.2) is 0 Å². The Morgan fingerprint density at radius 3 is 2.79 bits per heavy atom. The molecule has 1 saturated carbocycles. The summed E-state index contributed by atoms with van der Waals surface area (Å²) in [6, 6.07) is 9.96. The molecule has 1 amide bonds. The molecule has 1 aliphatic rings. The van der Waals surface area contributed by atoms with Gasteiger partial charge in [0.1, 0.15) is 11.3 Å². The minimum atomic E-state index is 0.231. The highest BCUT2D eigenvalue weighted by molar-refractivity contribution is 5.80. The standard InChI is InChI=1S/C16H19NO2/c1-17(16(18)12-6-2-3-7-12)11-14-10-13-8-4-5-9-15(13)19-14/h4-5,8-10,12H,2-3,6-7,11H2,1H3. The molecule has 0 saturated heterocycles. The van der Waals surface area contributed by atoms with Gasteiger partial charge in [0.2, 0.25) is 5.91 Å². The highest BCUT2D eigenvalue weighted by Crippen LogP contribution is 2.27. The number of rotatable bonds is 3. The fraction of sp³-hybridized carbons (Fsp3) is 0.438. The third kappa shape index (κ3) is 2.50. The Labute approximate surface area is 113 Å². The van der Waals surface area contributed by atoms with Crippen LogP contribution in [-0.4, -0.2) is 17.9 Å². The molecule has 1 aromatic carbocycles. The molecule has 2 aromatic rings. The van der Waals surface area contributed by atoms with Crippen molar-refractivity contribution in [3.05, 3.63) is 36.1 Å². The van der Waals surface area contributed by atoms with Crippen LogP contribution < -0.4 is 0 Å². The minimum absolute atomic E-state index is 0.231. The molecule has 0 radical (unpaired) electrons. The van der Waals surface area contributed by atoms with Gasteiger partial charge in [-0.05, 0) is 25.0 Å². The lowest BCUT2D eigenvalue weighted by Gasteiger charge is -2.19. The zero-order valence-electron chi connectivity index (χ0n) is 11.3. The fourth-order valence-electron chi connectivity index (χ4n) is 2.91. The van der Waals surface area contributed by atoms with Crippen molar-refractivity contribution in [1.29, 1.82) is 0 Å². The first-order valence-electron chi connectivity index (χ1n) is 6.96. The van der Waals surface area contributed by atoms with Crippen LogP contribution >= 0.6 is 0 Å². The van der Waals surface area contributed by atoms with Crippen LogP contribution in [-0.2, 0) is 11.3 Å². The highest BCUT2D eigenvalue weighted by atomic mass is 16.3. The Bertz CT molecular complexity index is 548. The number of fused-ring (bicyclic) bond motifs is 1. The number of hydrogen-bond acceptors (Lipinski definition) is 2. The zero-order chi connectivity index (χ0) is 13.2. The normalized spacial score (nSPS) is 16.1. The second-order valence-electron chi connectivity index (χ2n) is 5.43. The van der Waals surface area contributed by atoms with E-state index in [4.69, 9.17) is 4.42 Å². The van der Waals surface area contributed by atoms with E-state index in [-0.39, 0.29) is 11.8 Å². The smallest absolute Gasteiger partial charge is 0.225 e. The van der Waals surface area contributed by atoms with E-state index in [0.29, 0.717) is 6.54 Å². The molecule has 1 aromatic heterocycles. The van der Waals surface area contributed by atoms with Gasteiger partial charge in [-0.1, -0.05) is 31.0 Å². The summed E-state index contributed by atoms with van der Waals surface area (Å²) >= 11 is 0. The van der Waals surface area contributed by atoms with Crippen molar-refractivity contribution in [1.82, 2.24) is 4.90 Å². The molecule has 3 heteroatoms. The first kappa shape index (κ1) is 12.3. The van der Waals surface area contributed by atoms with Crippen LogP contribution in [0.15, 0.2) is 34.7 Å². The van der Waals surface area contributed by atoms with Gasteiger partial charge < -0.3 is 9.32 Å². The Balaban J connectivity index is 1.71. The molecule has 0 unspecified atom stereocenters. The van der Waals surface area contributed by atoms with E-state index < -0.39 is 0 Å². The van der Waals surface area contributed by atoms with E-state index in [1.165, 1.54) is 12.8 Å². The molecule has 0 spiro atoms. The quantitative estimate of drug-likeness (QED) is 0.842. The Morgan fingerprint density at radius 1 is 1.32 bits per heavy atom. The average Bonchev–Trinajstić information content (AvgIpc) is 3.06. The molecule has 19 heavy (non-hydrogen) atoms. The molecular weight excluding hydrogens is 238 g/mol. The molecule has 1 aliphatic carbocycles. The van der Waals surface area contributed by atoms with E-state index in [9.17, 15) is 4.79 Å². The van der Waals surface area contributed by atoms with Gasteiger partial charge in [0.15, 0.2) is 0 Å². The van der Waals surface area contributed by atoms with E-state index in [0.717, 1.165) is 29.6 Å². The Hall–Kier alpha value is -1.77. The highest BCUT2D eigenvalue weighted by Gasteiger charge is 2.25. The summed E-state index contributed by atoms with van der Waals surface area (Å²) in [7, 11) is 1.87. The second kappa shape index (κ2) is 5.08. The van der Waals surface area contributed by atoms with Crippen molar-refractivity contribution in [2.24, 2.45) is 5.92 Å². The van der Waals surface area contributed by atoms with Crippen molar-refractivity contribution in [3.8, 4) is 0 Å². The van der Waals surface area contributed by atoms with E-state index in [1.807, 2.05) is 37.4 Å². The average molecular weight is 257 g/mol. The summed E-state index contributed by atoms with van der Waals surface area (Å²) in [5.74, 6) is 1.35. The maximum absolute atomic E-state index is 12.2. The van der Waals surface area contributed by atoms with Crippen molar-refractivity contribution < 1.29 is 9.21 Å². The van der Waals surface area contributed by atoms with E-state index >= 15 is 0 Å². The van der Waals surface area contributed by atoms with Crippen molar-refractivity contribution in [2.75, 3.05) is 7.05 Å². The van der Waals surface area contributed by atoms with Crippen molar-refractivity contribution in [2.45, 2.75) is 32.2 Å². The van der Waals surface area contributed by atoms with Crippen LogP contribution in [0.5, 0.6) is 0 Å². The summed E-state index contributed by atoms with van der Waals surface area (Å²) < 4.78 is 5.76. The number of nitrogens with zero attached hydrogens (tertiary/aromatic N) is 1. The lowest BCUT2D eigenvalue weighted by Crippen LogP contribution is -2.31. The van der Waals surface area contributed by atoms with Crippen LogP contribution in [0.3, 0.4) is 0 Å². The SMILES string of the molecule is CN(Cc1cc2ccccc2o1)C(=O)C1CCCC1. The van der Waals surface area contributed by atoms with E-state index in [2.05, 4.69) is 0 Å². The van der Waals surface area contributed by atoms with Crippen molar-refractivity contribution >= 4 is 16.9 Å². The molecule has 0 N–H and O–H groups in total. The lowest BCUT2D eigenvalue weighted by atomic mass is 10.1. The van der Waals surface area contributed by atoms with Gasteiger partial charge in [-0.2, -0.15) is 0 Å². The number of para-hydroxylation sites is 1. The first-order valence-corrected chi connectivity index (χ1v) is 6.96. The topological polar surface area (TPSA) is 33.5 Å². The molecule has 0 bridgehead atoms. The first-order chi connectivity index (χ1) is 9.24. The largest absolute Gasteiger partial charge is 0.459 e. The molecular formula is C16H19NO2. The number of hydrogen-bond donors (Lipinski definition) is 0.